The number of nitrogens with zero attached hydrogens (tertiary/aromatic N) is 1. The van der Waals surface area contributed by atoms with E-state index in [1.807, 2.05) is 6.07 Å². The van der Waals surface area contributed by atoms with Crippen molar-refractivity contribution in [1.82, 2.24) is 0 Å². The van der Waals surface area contributed by atoms with Gasteiger partial charge in [0.15, 0.2) is 0 Å². The molecular weight excluding hydrogens is 399 g/mol. The Bertz CT molecular complexity index is 977. The van der Waals surface area contributed by atoms with Crippen LogP contribution in [-0.2, 0) is 14.8 Å². The zero-order chi connectivity index (χ0) is 19.6. The van der Waals surface area contributed by atoms with Gasteiger partial charge >= 0.3 is 5.97 Å². The fourth-order valence-corrected chi connectivity index (χ4v) is 4.29. The van der Waals surface area contributed by atoms with Crippen LogP contribution in [0.5, 0.6) is 0 Å². The summed E-state index contributed by atoms with van der Waals surface area (Å²) in [6, 6.07) is 8.11. The number of halogens is 2. The number of hydrogen-bond acceptors (Lipinski definition) is 5. The minimum Gasteiger partial charge on any atom is -0.478 e. The predicted octanol–water partition coefficient (Wildman–Crippen LogP) is 2.81. The Kier molecular flexibility index (Phi) is 5.54. The SMILES string of the molecule is O=C(O)c1cc(S(=O)(=O)Nc2cccc(N3CCOCC3)c2)c(Cl)cc1F. The lowest BCUT2D eigenvalue weighted by Gasteiger charge is -2.29. The maximum atomic E-state index is 13.7. The molecule has 0 aliphatic carbocycles. The van der Waals surface area contributed by atoms with Gasteiger partial charge in [-0.05, 0) is 30.3 Å². The fraction of sp³-hybridized carbons (Fsp3) is 0.235. The molecule has 0 saturated carbocycles. The first-order chi connectivity index (χ1) is 12.8. The Morgan fingerprint density at radius 2 is 1.93 bits per heavy atom. The summed E-state index contributed by atoms with van der Waals surface area (Å²) in [6.07, 6.45) is 0. The number of anilines is 2. The minimum absolute atomic E-state index is 0.274. The lowest BCUT2D eigenvalue weighted by Crippen LogP contribution is -2.36. The van der Waals surface area contributed by atoms with Gasteiger partial charge in [-0.2, -0.15) is 0 Å². The Morgan fingerprint density at radius 3 is 2.59 bits per heavy atom. The highest BCUT2D eigenvalue weighted by molar-refractivity contribution is 7.92. The van der Waals surface area contributed by atoms with Crippen LogP contribution in [0.25, 0.3) is 0 Å². The molecule has 0 atom stereocenters. The first kappa shape index (κ1) is 19.4. The van der Waals surface area contributed by atoms with Gasteiger partial charge in [0.05, 0.1) is 29.5 Å². The zero-order valence-corrected chi connectivity index (χ0v) is 15.6. The monoisotopic (exact) mass is 414 g/mol. The molecule has 10 heteroatoms. The van der Waals surface area contributed by atoms with E-state index in [2.05, 4.69) is 9.62 Å². The van der Waals surface area contributed by atoms with Gasteiger partial charge in [-0.15, -0.1) is 0 Å². The molecule has 7 nitrogen and oxygen atoms in total. The highest BCUT2D eigenvalue weighted by atomic mass is 35.5. The third-order valence-electron chi connectivity index (χ3n) is 4.02. The van der Waals surface area contributed by atoms with Crippen LogP contribution < -0.4 is 9.62 Å². The van der Waals surface area contributed by atoms with E-state index in [4.69, 9.17) is 21.4 Å². The van der Waals surface area contributed by atoms with Gasteiger partial charge in [-0.1, -0.05) is 17.7 Å². The number of sulfonamides is 1. The molecule has 144 valence electrons. The van der Waals surface area contributed by atoms with Crippen molar-refractivity contribution in [3.63, 3.8) is 0 Å². The molecule has 2 aromatic carbocycles. The standard InChI is InChI=1S/C17H16ClFN2O5S/c18-14-10-15(19)13(17(22)23)9-16(14)27(24,25)20-11-2-1-3-12(8-11)21-4-6-26-7-5-21/h1-3,8-10,20H,4-7H2,(H,22,23). The molecule has 1 heterocycles. The maximum absolute atomic E-state index is 13.7. The summed E-state index contributed by atoms with van der Waals surface area (Å²) in [7, 11) is -4.22. The Hall–Kier alpha value is -2.36. The van der Waals surface area contributed by atoms with Crippen LogP contribution in [-0.4, -0.2) is 45.8 Å². The largest absolute Gasteiger partial charge is 0.478 e. The van der Waals surface area contributed by atoms with Gasteiger partial charge < -0.3 is 14.7 Å². The summed E-state index contributed by atoms with van der Waals surface area (Å²) in [6.45, 7) is 2.53. The van der Waals surface area contributed by atoms with Crippen molar-refractivity contribution < 1.29 is 27.4 Å². The third kappa shape index (κ3) is 4.32. The van der Waals surface area contributed by atoms with E-state index in [1.54, 1.807) is 18.2 Å². The summed E-state index contributed by atoms with van der Waals surface area (Å²) in [5.74, 6) is -2.70. The molecule has 1 aliphatic rings. The van der Waals surface area contributed by atoms with Crippen LogP contribution in [0.2, 0.25) is 5.02 Å². The predicted molar refractivity (Wildman–Crippen MR) is 98.7 cm³/mol. The highest BCUT2D eigenvalue weighted by Gasteiger charge is 2.23. The van der Waals surface area contributed by atoms with E-state index in [0.29, 0.717) is 38.4 Å². The van der Waals surface area contributed by atoms with Gasteiger partial charge in [0, 0.05) is 18.8 Å². The molecule has 0 unspecified atom stereocenters. The van der Waals surface area contributed by atoms with E-state index in [-0.39, 0.29) is 5.69 Å². The van der Waals surface area contributed by atoms with Crippen LogP contribution in [0.3, 0.4) is 0 Å². The summed E-state index contributed by atoms with van der Waals surface area (Å²) < 4.78 is 46.6. The number of benzene rings is 2. The molecule has 2 aromatic rings. The molecule has 2 N–H and O–H groups in total. The van der Waals surface area contributed by atoms with Crippen molar-refractivity contribution in [3.05, 3.63) is 52.8 Å². The Morgan fingerprint density at radius 1 is 1.22 bits per heavy atom. The van der Waals surface area contributed by atoms with Gasteiger partial charge in [0.1, 0.15) is 10.7 Å². The highest BCUT2D eigenvalue weighted by Crippen LogP contribution is 2.28. The topological polar surface area (TPSA) is 95.9 Å². The van der Waals surface area contributed by atoms with Crippen LogP contribution >= 0.6 is 11.6 Å². The molecule has 1 saturated heterocycles. The first-order valence-electron chi connectivity index (χ1n) is 7.96. The second-order valence-corrected chi connectivity index (χ2v) is 7.88. The lowest BCUT2D eigenvalue weighted by molar-refractivity contribution is 0.0691. The molecule has 27 heavy (non-hydrogen) atoms. The smallest absolute Gasteiger partial charge is 0.338 e. The number of rotatable bonds is 5. The average molecular weight is 415 g/mol. The fourth-order valence-electron chi connectivity index (χ4n) is 2.70. The average Bonchev–Trinajstić information content (AvgIpc) is 2.61. The van der Waals surface area contributed by atoms with E-state index in [0.717, 1.165) is 5.69 Å². The quantitative estimate of drug-likeness (QED) is 0.781. The van der Waals surface area contributed by atoms with Crippen molar-refractivity contribution in [2.24, 2.45) is 0 Å². The zero-order valence-electron chi connectivity index (χ0n) is 14.0. The van der Waals surface area contributed by atoms with Gasteiger partial charge in [-0.25, -0.2) is 17.6 Å². The van der Waals surface area contributed by atoms with Crippen LogP contribution in [0.15, 0.2) is 41.3 Å². The normalized spacial score (nSPS) is 14.8. The van der Waals surface area contributed by atoms with Crippen LogP contribution in [0, 0.1) is 5.82 Å². The number of morpholine rings is 1. The van der Waals surface area contributed by atoms with Gasteiger partial charge in [0.2, 0.25) is 0 Å². The summed E-state index contributed by atoms with van der Waals surface area (Å²) in [5.41, 5.74) is 0.313. The van der Waals surface area contributed by atoms with Crippen molar-refractivity contribution in [1.29, 1.82) is 0 Å². The summed E-state index contributed by atoms with van der Waals surface area (Å²) in [5, 5.41) is 8.60. The van der Waals surface area contributed by atoms with E-state index in [9.17, 15) is 17.6 Å². The molecule has 0 bridgehead atoms. The molecular formula is C17H16ClFN2O5S. The van der Waals surface area contributed by atoms with Crippen LogP contribution in [0.1, 0.15) is 10.4 Å². The molecule has 0 spiro atoms. The summed E-state index contributed by atoms with van der Waals surface area (Å²) >= 11 is 5.84. The number of carbonyl (C=O) groups is 1. The Balaban J connectivity index is 1.91. The van der Waals surface area contributed by atoms with Crippen molar-refractivity contribution in [2.75, 3.05) is 35.9 Å². The molecule has 0 aromatic heterocycles. The number of ether oxygens (including phenoxy) is 1. The maximum Gasteiger partial charge on any atom is 0.338 e. The number of carboxylic acids is 1. The first-order valence-corrected chi connectivity index (χ1v) is 9.82. The van der Waals surface area contributed by atoms with Gasteiger partial charge in [-0.3, -0.25) is 4.72 Å². The van der Waals surface area contributed by atoms with Gasteiger partial charge in [0.25, 0.3) is 10.0 Å². The number of hydrogen-bond donors (Lipinski definition) is 2. The van der Waals surface area contributed by atoms with E-state index >= 15 is 0 Å². The molecule has 1 fully saturated rings. The van der Waals surface area contributed by atoms with Crippen molar-refractivity contribution >= 4 is 39.0 Å². The van der Waals surface area contributed by atoms with Crippen LogP contribution in [0.4, 0.5) is 15.8 Å². The van der Waals surface area contributed by atoms with Crippen molar-refractivity contribution in [2.45, 2.75) is 4.90 Å². The summed E-state index contributed by atoms with van der Waals surface area (Å²) in [4.78, 5) is 12.6. The molecule has 1 aliphatic heterocycles. The second-order valence-electron chi connectivity index (χ2n) is 5.82. The molecule has 3 rings (SSSR count). The third-order valence-corrected chi connectivity index (χ3v) is 5.86. The lowest BCUT2D eigenvalue weighted by atomic mass is 10.2. The van der Waals surface area contributed by atoms with Crippen molar-refractivity contribution in [3.8, 4) is 0 Å². The Labute approximate surface area is 160 Å². The minimum atomic E-state index is -4.22. The number of nitrogens with one attached hydrogen (secondary N) is 1. The number of carboxylic acid groups (broad SMARTS) is 1. The second kappa shape index (κ2) is 7.71. The molecule has 0 amide bonds. The number of aromatic carboxylic acids is 1. The van der Waals surface area contributed by atoms with E-state index < -0.39 is 37.3 Å². The van der Waals surface area contributed by atoms with E-state index in [1.165, 1.54) is 0 Å². The molecule has 0 radical (unpaired) electrons.